The van der Waals surface area contributed by atoms with E-state index in [0.29, 0.717) is 18.2 Å². The number of thiophene rings is 1. The fourth-order valence-electron chi connectivity index (χ4n) is 1.72. The Bertz CT molecular complexity index is 481. The monoisotopic (exact) mass is 329 g/mol. The summed E-state index contributed by atoms with van der Waals surface area (Å²) in [6.07, 6.45) is -3.25. The van der Waals surface area contributed by atoms with Crippen LogP contribution >= 0.6 is 11.3 Å². The Hall–Kier alpha value is -0.730. The Balaban J connectivity index is 1.82. The Labute approximate surface area is 123 Å². The average molecular weight is 329 g/mol. The summed E-state index contributed by atoms with van der Waals surface area (Å²) in [7, 11) is 0. The minimum atomic E-state index is -5.57. The smallest absolute Gasteiger partial charge is 0.370 e. The maximum atomic E-state index is 12.7. The van der Waals surface area contributed by atoms with Crippen LogP contribution in [0.25, 0.3) is 0 Å². The van der Waals surface area contributed by atoms with Crippen LogP contribution < -0.4 is 5.32 Å². The fraction of sp³-hybridized carbons (Fsp3) is 0.692. The molecule has 0 radical (unpaired) electrons. The van der Waals surface area contributed by atoms with Crippen LogP contribution in [0.5, 0.6) is 0 Å². The summed E-state index contributed by atoms with van der Waals surface area (Å²) < 4.78 is 65.9. The van der Waals surface area contributed by atoms with Gasteiger partial charge in [0.2, 0.25) is 0 Å². The quantitative estimate of drug-likeness (QED) is 0.763. The second kappa shape index (κ2) is 6.18. The number of halogens is 5. The third kappa shape index (κ3) is 4.62. The van der Waals surface area contributed by atoms with Gasteiger partial charge in [-0.15, -0.1) is 11.3 Å². The molecule has 120 valence electrons. The lowest BCUT2D eigenvalue weighted by atomic mass is 10.2. The normalized spacial score (nSPS) is 16.5. The number of hydrogen-bond acceptors (Lipinski definition) is 3. The van der Waals surface area contributed by atoms with Gasteiger partial charge in [-0.05, 0) is 31.4 Å². The molecule has 0 unspecified atom stereocenters. The number of rotatable bonds is 7. The summed E-state index contributed by atoms with van der Waals surface area (Å²) in [5.41, 5.74) is 0.658. The van der Waals surface area contributed by atoms with Gasteiger partial charge in [-0.2, -0.15) is 22.0 Å². The summed E-state index contributed by atoms with van der Waals surface area (Å²) in [5.74, 6) is -4.81. The van der Waals surface area contributed by atoms with Crippen molar-refractivity contribution in [3.8, 4) is 0 Å². The lowest BCUT2D eigenvalue weighted by Gasteiger charge is -2.19. The molecule has 1 aliphatic rings. The molecule has 0 aliphatic heterocycles. The van der Waals surface area contributed by atoms with Crippen LogP contribution in [-0.2, 0) is 17.9 Å². The van der Waals surface area contributed by atoms with Gasteiger partial charge < -0.3 is 10.1 Å². The molecule has 2 nitrogen and oxygen atoms in total. The molecule has 1 N–H and O–H groups in total. The van der Waals surface area contributed by atoms with E-state index in [4.69, 9.17) is 0 Å². The Morgan fingerprint density at radius 3 is 2.52 bits per heavy atom. The third-order valence-corrected chi connectivity index (χ3v) is 4.26. The minimum Gasteiger partial charge on any atom is -0.370 e. The average Bonchev–Trinajstić information content (AvgIpc) is 3.11. The first-order valence-corrected chi connectivity index (χ1v) is 7.34. The number of nitrogens with one attached hydrogen (secondary N) is 1. The molecule has 0 aromatic carbocycles. The van der Waals surface area contributed by atoms with E-state index in [1.165, 1.54) is 11.3 Å². The largest absolute Gasteiger partial charge is 0.455 e. The molecule has 2 rings (SSSR count). The number of aryl methyl sites for hydroxylation is 1. The second-order valence-corrected chi connectivity index (χ2v) is 6.49. The summed E-state index contributed by atoms with van der Waals surface area (Å²) in [6.45, 7) is 0.597. The highest BCUT2D eigenvalue weighted by atomic mass is 32.1. The van der Waals surface area contributed by atoms with Crippen LogP contribution in [0, 0.1) is 6.92 Å². The van der Waals surface area contributed by atoms with Gasteiger partial charge in [-0.3, -0.25) is 0 Å². The van der Waals surface area contributed by atoms with E-state index in [1.807, 2.05) is 0 Å². The van der Waals surface area contributed by atoms with Crippen molar-refractivity contribution in [2.24, 2.45) is 0 Å². The molecule has 1 fully saturated rings. The van der Waals surface area contributed by atoms with Gasteiger partial charge >= 0.3 is 12.1 Å². The topological polar surface area (TPSA) is 21.3 Å². The summed E-state index contributed by atoms with van der Waals surface area (Å²) in [5, 5.41) is 3.31. The van der Waals surface area contributed by atoms with Crippen molar-refractivity contribution in [3.63, 3.8) is 0 Å². The zero-order chi connectivity index (χ0) is 15.7. The zero-order valence-corrected chi connectivity index (χ0v) is 12.2. The molecular weight excluding hydrogens is 313 g/mol. The highest BCUT2D eigenvalue weighted by Gasteiger charge is 2.57. The zero-order valence-electron chi connectivity index (χ0n) is 11.4. The van der Waals surface area contributed by atoms with Gasteiger partial charge in [0.1, 0.15) is 6.61 Å². The van der Waals surface area contributed by atoms with Crippen molar-refractivity contribution in [1.82, 2.24) is 5.32 Å². The first-order chi connectivity index (χ1) is 9.69. The molecular formula is C13H16F5NOS. The predicted molar refractivity (Wildman–Crippen MR) is 69.6 cm³/mol. The highest BCUT2D eigenvalue weighted by molar-refractivity contribution is 7.12. The second-order valence-electron chi connectivity index (χ2n) is 5.14. The van der Waals surface area contributed by atoms with Gasteiger partial charge in [0.15, 0.2) is 0 Å². The van der Waals surface area contributed by atoms with E-state index in [1.54, 1.807) is 13.0 Å². The molecule has 1 aliphatic carbocycles. The summed E-state index contributed by atoms with van der Waals surface area (Å²) >= 11 is 1.50. The van der Waals surface area contributed by atoms with Crippen LogP contribution in [0.4, 0.5) is 22.0 Å². The Morgan fingerprint density at radius 2 is 1.95 bits per heavy atom. The van der Waals surface area contributed by atoms with Crippen molar-refractivity contribution in [2.75, 3.05) is 6.61 Å². The van der Waals surface area contributed by atoms with Crippen LogP contribution in [-0.4, -0.2) is 24.7 Å². The SMILES string of the molecule is Cc1sc(CNC2CC2)cc1COCC(F)(F)C(F)(F)F. The molecule has 1 aromatic heterocycles. The number of ether oxygens (including phenoxy) is 1. The number of alkyl halides is 5. The molecule has 1 heterocycles. The fourth-order valence-corrected chi connectivity index (χ4v) is 2.72. The lowest BCUT2D eigenvalue weighted by molar-refractivity contribution is -0.297. The van der Waals surface area contributed by atoms with E-state index in [-0.39, 0.29) is 6.61 Å². The van der Waals surface area contributed by atoms with E-state index in [9.17, 15) is 22.0 Å². The first-order valence-electron chi connectivity index (χ1n) is 6.53. The van der Waals surface area contributed by atoms with E-state index < -0.39 is 18.7 Å². The van der Waals surface area contributed by atoms with E-state index in [2.05, 4.69) is 10.1 Å². The number of hydrogen-bond donors (Lipinski definition) is 1. The standard InChI is InChI=1S/C13H16F5NOS/c1-8-9(4-11(21-8)5-19-10-2-3-10)6-20-7-12(14,15)13(16,17)18/h4,10,19H,2-3,5-7H2,1H3. The molecule has 8 heteroatoms. The molecule has 0 amide bonds. The maximum absolute atomic E-state index is 12.7. The van der Waals surface area contributed by atoms with Crippen molar-refractivity contribution < 1.29 is 26.7 Å². The van der Waals surface area contributed by atoms with Crippen molar-refractivity contribution in [2.45, 2.75) is 51.1 Å². The molecule has 21 heavy (non-hydrogen) atoms. The van der Waals surface area contributed by atoms with Crippen molar-refractivity contribution in [1.29, 1.82) is 0 Å². The van der Waals surface area contributed by atoms with Gasteiger partial charge in [-0.1, -0.05) is 0 Å². The predicted octanol–water partition coefficient (Wildman–Crippen LogP) is 4.02. The first kappa shape index (κ1) is 16.6. The van der Waals surface area contributed by atoms with E-state index >= 15 is 0 Å². The molecule has 1 aromatic rings. The van der Waals surface area contributed by atoms with Crippen LogP contribution in [0.15, 0.2) is 6.07 Å². The highest BCUT2D eigenvalue weighted by Crippen LogP contribution is 2.35. The minimum absolute atomic E-state index is 0.239. The van der Waals surface area contributed by atoms with Gasteiger partial charge in [-0.25, -0.2) is 0 Å². The van der Waals surface area contributed by atoms with Crippen LogP contribution in [0.1, 0.15) is 28.2 Å². The third-order valence-electron chi connectivity index (χ3n) is 3.17. The maximum Gasteiger partial charge on any atom is 0.455 e. The summed E-state index contributed by atoms with van der Waals surface area (Å²) in [4.78, 5) is 1.90. The lowest BCUT2D eigenvalue weighted by Crippen LogP contribution is -2.40. The Morgan fingerprint density at radius 1 is 1.29 bits per heavy atom. The molecule has 0 atom stereocenters. The molecule has 0 bridgehead atoms. The van der Waals surface area contributed by atoms with E-state index in [0.717, 1.165) is 22.6 Å². The molecule has 0 saturated heterocycles. The molecule has 1 saturated carbocycles. The Kier molecular flexibility index (Phi) is 4.89. The molecule has 0 spiro atoms. The van der Waals surface area contributed by atoms with Crippen LogP contribution in [0.3, 0.4) is 0 Å². The van der Waals surface area contributed by atoms with Crippen molar-refractivity contribution >= 4 is 11.3 Å². The summed E-state index contributed by atoms with van der Waals surface area (Å²) in [6, 6.07) is 2.35. The van der Waals surface area contributed by atoms with Crippen molar-refractivity contribution in [3.05, 3.63) is 21.4 Å². The van der Waals surface area contributed by atoms with Gasteiger partial charge in [0.05, 0.1) is 6.61 Å². The van der Waals surface area contributed by atoms with Gasteiger partial charge in [0, 0.05) is 22.3 Å². The van der Waals surface area contributed by atoms with Gasteiger partial charge in [0.25, 0.3) is 0 Å². The van der Waals surface area contributed by atoms with Crippen LogP contribution in [0.2, 0.25) is 0 Å².